The van der Waals surface area contributed by atoms with E-state index in [1.807, 2.05) is 31.2 Å². The molecule has 1 aliphatic carbocycles. The average Bonchev–Trinajstić information content (AvgIpc) is 3.29. The highest BCUT2D eigenvalue weighted by atomic mass is 31.2. The van der Waals surface area contributed by atoms with Crippen LogP contribution in [0.3, 0.4) is 0 Å². The molecule has 0 aromatic rings. The Labute approximate surface area is 391 Å². The molecule has 0 aromatic carbocycles. The van der Waals surface area contributed by atoms with Gasteiger partial charge in [-0.1, -0.05) is 143 Å². The number of ether oxygens (including phenoxy) is 2. The van der Waals surface area contributed by atoms with Crippen molar-refractivity contribution in [2.45, 2.75) is 184 Å². The summed E-state index contributed by atoms with van der Waals surface area (Å²) >= 11 is 0. The second kappa shape index (κ2) is 37.6. The van der Waals surface area contributed by atoms with E-state index in [2.05, 4.69) is 31.2 Å². The molecule has 16 nitrogen and oxygen atoms in total. The van der Waals surface area contributed by atoms with E-state index in [1.54, 1.807) is 36.5 Å². The number of esters is 2. The lowest BCUT2D eigenvalue weighted by Crippen LogP contribution is -2.64. The van der Waals surface area contributed by atoms with E-state index >= 15 is 0 Å². The lowest BCUT2D eigenvalue weighted by atomic mass is 9.85. The van der Waals surface area contributed by atoms with Crippen LogP contribution in [0.2, 0.25) is 0 Å². The minimum Gasteiger partial charge on any atom is -0.462 e. The Morgan fingerprint density at radius 1 is 0.606 bits per heavy atom. The monoisotopic (exact) mass is 955 g/mol. The summed E-state index contributed by atoms with van der Waals surface area (Å²) in [5, 5.41) is 80.7. The van der Waals surface area contributed by atoms with Crippen molar-refractivity contribution in [1.82, 2.24) is 0 Å². The number of aliphatic hydroxyl groups is 8. The molecule has 0 spiro atoms. The molecule has 0 heterocycles. The van der Waals surface area contributed by atoms with Crippen LogP contribution in [0.5, 0.6) is 0 Å². The van der Waals surface area contributed by atoms with Gasteiger partial charge in [0, 0.05) is 12.8 Å². The lowest BCUT2D eigenvalue weighted by Gasteiger charge is -2.41. The van der Waals surface area contributed by atoms with E-state index in [-0.39, 0.29) is 25.7 Å². The van der Waals surface area contributed by atoms with E-state index in [1.165, 1.54) is 50.7 Å². The fourth-order valence-corrected chi connectivity index (χ4v) is 7.32. The highest BCUT2D eigenvalue weighted by molar-refractivity contribution is 7.47. The van der Waals surface area contributed by atoms with E-state index in [4.69, 9.17) is 18.5 Å². The van der Waals surface area contributed by atoms with Gasteiger partial charge in [-0.05, 0) is 64.2 Å². The van der Waals surface area contributed by atoms with E-state index in [0.29, 0.717) is 19.3 Å². The highest BCUT2D eigenvalue weighted by Gasteiger charge is 2.51. The molecule has 0 aliphatic heterocycles. The molecule has 66 heavy (non-hydrogen) atoms. The Kier molecular flexibility index (Phi) is 34.6. The van der Waals surface area contributed by atoms with Gasteiger partial charge in [0.1, 0.15) is 43.2 Å². The molecule has 1 fully saturated rings. The summed E-state index contributed by atoms with van der Waals surface area (Å²) in [6.45, 7) is 2.75. The number of unbranched alkanes of at least 4 members (excludes halogenated alkanes) is 7. The first kappa shape index (κ1) is 60.7. The molecule has 1 aliphatic rings. The van der Waals surface area contributed by atoms with Gasteiger partial charge in [-0.2, -0.15) is 0 Å². The Hall–Kier alpha value is -3.35. The van der Waals surface area contributed by atoms with Crippen molar-refractivity contribution in [2.75, 3.05) is 13.2 Å². The van der Waals surface area contributed by atoms with Crippen molar-refractivity contribution in [3.63, 3.8) is 0 Å². The van der Waals surface area contributed by atoms with Gasteiger partial charge in [0.25, 0.3) is 0 Å². The van der Waals surface area contributed by atoms with Gasteiger partial charge in [-0.3, -0.25) is 18.6 Å². The van der Waals surface area contributed by atoms with Gasteiger partial charge in [-0.15, -0.1) is 0 Å². The van der Waals surface area contributed by atoms with Gasteiger partial charge >= 0.3 is 19.8 Å². The fraction of sp³-hybridized carbons (Fsp3) is 0.633. The standard InChI is InChI=1S/C49H79O16P/c1-3-5-7-8-9-10-11-12-13-14-15-16-17-18-19-24-28-34-42(53)62-36-39(37-63-66(60,61)65-49-47(58)45(56)44(55)46(57)48(49)59)64-43(54)35-29-33-41(52)40(51)32-27-23-21-20-22-26-31-38(50)30-25-6-4-2/h6,12-13,15-16,18-23,25-27,31-32,38-41,44-52,55-59H,3-5,7-11,14,17,24,28-30,33-37H2,1-2H3,(H,60,61)/b13-12-,16-15-,19-18-,22-20+,23-21-,25-6-,31-26+,32-27-/t38-,39+,40+,41+,44?,45-,46+,47+,48+,49?/m0/s1. The van der Waals surface area contributed by atoms with Crippen LogP contribution in [-0.4, -0.2) is 132 Å². The molecular weight excluding hydrogens is 875 g/mol. The molecule has 0 saturated heterocycles. The summed E-state index contributed by atoms with van der Waals surface area (Å²) in [6.07, 6.45) is 25.3. The van der Waals surface area contributed by atoms with E-state index in [9.17, 15) is 59.9 Å². The number of hydrogen-bond donors (Lipinski definition) is 9. The minimum atomic E-state index is -5.24. The maximum atomic E-state index is 12.8. The predicted octanol–water partition coefficient (Wildman–Crippen LogP) is 5.97. The maximum absolute atomic E-state index is 12.8. The molecule has 11 atom stereocenters. The largest absolute Gasteiger partial charge is 0.472 e. The summed E-state index contributed by atoms with van der Waals surface area (Å²) in [4.78, 5) is 35.7. The number of rotatable bonds is 36. The third kappa shape index (κ3) is 29.4. The number of aliphatic hydroxyl groups excluding tert-OH is 8. The summed E-state index contributed by atoms with van der Waals surface area (Å²) in [5.41, 5.74) is 0. The fourth-order valence-electron chi connectivity index (χ4n) is 6.35. The summed E-state index contributed by atoms with van der Waals surface area (Å²) in [5.74, 6) is -1.50. The molecule has 0 aromatic heterocycles. The Bertz CT molecular complexity index is 1570. The van der Waals surface area contributed by atoms with Crippen LogP contribution in [0.15, 0.2) is 97.2 Å². The van der Waals surface area contributed by atoms with Gasteiger partial charge in [0.15, 0.2) is 6.10 Å². The molecule has 1 saturated carbocycles. The van der Waals surface area contributed by atoms with Gasteiger partial charge in [0.2, 0.25) is 0 Å². The highest BCUT2D eigenvalue weighted by Crippen LogP contribution is 2.47. The summed E-state index contributed by atoms with van der Waals surface area (Å²) < 4.78 is 33.2. The molecular formula is C49H79O16P. The van der Waals surface area contributed by atoms with Crippen molar-refractivity contribution in [2.24, 2.45) is 0 Å². The second-order valence-electron chi connectivity index (χ2n) is 16.1. The van der Waals surface area contributed by atoms with Crippen LogP contribution in [-0.2, 0) is 32.7 Å². The number of carbonyl (C=O) groups is 2. The number of phosphoric ester groups is 1. The van der Waals surface area contributed by atoms with Crippen molar-refractivity contribution >= 4 is 19.8 Å². The van der Waals surface area contributed by atoms with Crippen molar-refractivity contribution in [1.29, 1.82) is 0 Å². The second-order valence-corrected chi connectivity index (χ2v) is 17.5. The summed E-state index contributed by atoms with van der Waals surface area (Å²) in [6, 6.07) is 0. The SMILES string of the molecule is CC/C=C\C[C@H](O)/C=C/C=C/C=C\C=C/[C@@H](O)[C@H](O)CCCC(=O)O[C@H](COC(=O)CCC/C=C\C/C=C\C/C=C\CCCCCCCC)COP(=O)(O)OC1[C@H](O)[C@H](O)C(O)[C@H](O)[C@H]1O. The smallest absolute Gasteiger partial charge is 0.462 e. The zero-order chi connectivity index (χ0) is 49.0. The Balaban J connectivity index is 2.66. The van der Waals surface area contributed by atoms with Crippen LogP contribution in [0.4, 0.5) is 0 Å². The number of carbonyl (C=O) groups excluding carboxylic acids is 2. The number of hydrogen-bond acceptors (Lipinski definition) is 15. The average molecular weight is 955 g/mol. The summed E-state index contributed by atoms with van der Waals surface area (Å²) in [7, 11) is -5.24. The van der Waals surface area contributed by atoms with Crippen LogP contribution < -0.4 is 0 Å². The molecule has 1 rings (SSSR count). The molecule has 0 bridgehead atoms. The predicted molar refractivity (Wildman–Crippen MR) is 253 cm³/mol. The Morgan fingerprint density at radius 3 is 1.79 bits per heavy atom. The molecule has 9 N–H and O–H groups in total. The molecule has 376 valence electrons. The van der Waals surface area contributed by atoms with Gasteiger partial charge in [-0.25, -0.2) is 4.57 Å². The first-order valence-electron chi connectivity index (χ1n) is 23.4. The molecule has 17 heteroatoms. The quantitative estimate of drug-likeness (QED) is 0.0115. The topological polar surface area (TPSA) is 270 Å². The third-order valence-corrected chi connectivity index (χ3v) is 11.2. The van der Waals surface area contributed by atoms with E-state index < -0.39 is 94.0 Å². The van der Waals surface area contributed by atoms with Crippen LogP contribution in [0.1, 0.15) is 123 Å². The van der Waals surface area contributed by atoms with Crippen molar-refractivity contribution in [3.8, 4) is 0 Å². The molecule has 3 unspecified atom stereocenters. The van der Waals surface area contributed by atoms with E-state index in [0.717, 1.165) is 25.7 Å². The zero-order valence-corrected chi connectivity index (χ0v) is 39.7. The third-order valence-electron chi connectivity index (χ3n) is 10.3. The molecule has 0 amide bonds. The first-order chi connectivity index (χ1) is 31.6. The minimum absolute atomic E-state index is 0.0134. The lowest BCUT2D eigenvalue weighted by molar-refractivity contribution is -0.220. The maximum Gasteiger partial charge on any atom is 0.472 e. The van der Waals surface area contributed by atoms with Crippen molar-refractivity contribution < 1.29 is 78.4 Å². The number of phosphoric acid groups is 1. The number of allylic oxidation sites excluding steroid dienone is 13. The Morgan fingerprint density at radius 2 is 1.15 bits per heavy atom. The molecule has 0 radical (unpaired) electrons. The van der Waals surface area contributed by atoms with Crippen molar-refractivity contribution in [3.05, 3.63) is 97.2 Å². The van der Waals surface area contributed by atoms with Crippen LogP contribution in [0, 0.1) is 0 Å². The zero-order valence-electron chi connectivity index (χ0n) is 38.8. The van der Waals surface area contributed by atoms with Gasteiger partial charge < -0.3 is 55.2 Å². The normalized spacial score (nSPS) is 23.6. The van der Waals surface area contributed by atoms with Crippen LogP contribution >= 0.6 is 7.82 Å². The first-order valence-corrected chi connectivity index (χ1v) is 24.9. The van der Waals surface area contributed by atoms with Crippen LogP contribution in [0.25, 0.3) is 0 Å². The van der Waals surface area contributed by atoms with Gasteiger partial charge in [0.05, 0.1) is 24.9 Å².